The van der Waals surface area contributed by atoms with Gasteiger partial charge in [0, 0.05) is 5.41 Å². The maximum absolute atomic E-state index is 11.4. The fourth-order valence-corrected chi connectivity index (χ4v) is 1.14. The predicted molar refractivity (Wildman–Crippen MR) is 72.8 cm³/mol. The number of aliphatic hydroxyl groups is 1. The fourth-order valence-electron chi connectivity index (χ4n) is 1.14. The Morgan fingerprint density at radius 2 is 1.94 bits per heavy atom. The molecular weight excluding hydrogens is 228 g/mol. The molecular formula is C15H24O3. The molecule has 0 rings (SSSR count). The van der Waals surface area contributed by atoms with Gasteiger partial charge in [-0.15, -0.1) is 6.58 Å². The summed E-state index contributed by atoms with van der Waals surface area (Å²) in [7, 11) is 0. The second-order valence-electron chi connectivity index (χ2n) is 6.03. The maximum Gasteiger partial charge on any atom is 0.312 e. The van der Waals surface area contributed by atoms with E-state index in [9.17, 15) is 9.90 Å². The second-order valence-corrected chi connectivity index (χ2v) is 6.03. The van der Waals surface area contributed by atoms with E-state index in [1.165, 1.54) is 0 Å². The number of allylic oxidation sites excluding steroid dienone is 1. The average molecular weight is 252 g/mol. The van der Waals surface area contributed by atoms with Gasteiger partial charge in [0.25, 0.3) is 0 Å². The molecule has 0 aromatic heterocycles. The lowest BCUT2D eigenvalue weighted by molar-refractivity contribution is -0.151. The summed E-state index contributed by atoms with van der Waals surface area (Å²) in [5, 5.41) is 9.87. The summed E-state index contributed by atoms with van der Waals surface area (Å²) in [5.74, 6) is 5.08. The molecule has 1 atom stereocenters. The molecule has 3 nitrogen and oxygen atoms in total. The first-order valence-electron chi connectivity index (χ1n) is 6.06. The summed E-state index contributed by atoms with van der Waals surface area (Å²) >= 11 is 0. The van der Waals surface area contributed by atoms with Crippen LogP contribution in [0.4, 0.5) is 0 Å². The first-order chi connectivity index (χ1) is 8.11. The number of rotatable bonds is 4. The summed E-state index contributed by atoms with van der Waals surface area (Å²) in [6.45, 7) is 12.8. The third kappa shape index (κ3) is 5.88. The van der Waals surface area contributed by atoms with Crippen LogP contribution in [0.2, 0.25) is 0 Å². The zero-order chi connectivity index (χ0) is 14.4. The molecule has 0 aromatic carbocycles. The van der Waals surface area contributed by atoms with E-state index >= 15 is 0 Å². The third-order valence-corrected chi connectivity index (χ3v) is 2.54. The van der Waals surface area contributed by atoms with E-state index in [0.29, 0.717) is 6.42 Å². The Bertz CT molecular complexity index is 350. The maximum atomic E-state index is 11.4. The van der Waals surface area contributed by atoms with Gasteiger partial charge in [-0.05, 0) is 27.2 Å². The Hall–Kier alpha value is -1.27. The highest BCUT2D eigenvalue weighted by atomic mass is 16.5. The number of aliphatic hydroxyl groups excluding tert-OH is 1. The van der Waals surface area contributed by atoms with Crippen molar-refractivity contribution in [2.75, 3.05) is 6.61 Å². The van der Waals surface area contributed by atoms with E-state index in [4.69, 9.17) is 4.74 Å². The van der Waals surface area contributed by atoms with Gasteiger partial charge in [-0.3, -0.25) is 4.79 Å². The largest absolute Gasteiger partial charge is 0.452 e. The number of ether oxygens (including phenoxy) is 1. The summed E-state index contributed by atoms with van der Waals surface area (Å²) in [6.07, 6.45) is 1.67. The van der Waals surface area contributed by atoms with Gasteiger partial charge in [-0.25, -0.2) is 0 Å². The van der Waals surface area contributed by atoms with Crippen molar-refractivity contribution in [2.45, 2.75) is 47.1 Å². The molecule has 0 fully saturated rings. The molecule has 0 amide bonds. The predicted octanol–water partition coefficient (Wildman–Crippen LogP) is 2.54. The molecule has 0 spiro atoms. The van der Waals surface area contributed by atoms with E-state index < -0.39 is 11.5 Å². The van der Waals surface area contributed by atoms with Crippen molar-refractivity contribution in [3.63, 3.8) is 0 Å². The van der Waals surface area contributed by atoms with Crippen LogP contribution in [0.5, 0.6) is 0 Å². The van der Waals surface area contributed by atoms with Gasteiger partial charge in [-0.1, -0.05) is 31.8 Å². The van der Waals surface area contributed by atoms with Gasteiger partial charge in [0.05, 0.1) is 5.41 Å². The Kier molecular flexibility index (Phi) is 6.14. The van der Waals surface area contributed by atoms with E-state index in [1.807, 2.05) is 13.8 Å². The van der Waals surface area contributed by atoms with E-state index in [1.54, 1.807) is 26.8 Å². The van der Waals surface area contributed by atoms with Gasteiger partial charge in [0.15, 0.2) is 6.61 Å². The molecule has 0 radical (unpaired) electrons. The van der Waals surface area contributed by atoms with Gasteiger partial charge < -0.3 is 9.84 Å². The smallest absolute Gasteiger partial charge is 0.312 e. The minimum absolute atomic E-state index is 0.0112. The number of carbonyl (C=O) groups excluding carboxylic acids is 1. The van der Waals surface area contributed by atoms with Crippen LogP contribution < -0.4 is 0 Å². The van der Waals surface area contributed by atoms with Crippen molar-refractivity contribution in [3.8, 4) is 11.8 Å². The highest BCUT2D eigenvalue weighted by Gasteiger charge is 2.25. The van der Waals surface area contributed by atoms with Crippen LogP contribution in [0.3, 0.4) is 0 Å². The zero-order valence-corrected chi connectivity index (χ0v) is 12.0. The lowest BCUT2D eigenvalue weighted by Gasteiger charge is -2.25. The van der Waals surface area contributed by atoms with Crippen molar-refractivity contribution >= 4 is 5.97 Å². The molecule has 0 aliphatic carbocycles. The quantitative estimate of drug-likeness (QED) is 0.475. The molecule has 0 aliphatic heterocycles. The van der Waals surface area contributed by atoms with Crippen LogP contribution in [0, 0.1) is 22.7 Å². The van der Waals surface area contributed by atoms with Crippen LogP contribution >= 0.6 is 0 Å². The fraction of sp³-hybridized carbons (Fsp3) is 0.667. The normalized spacial score (nSPS) is 13.2. The van der Waals surface area contributed by atoms with Crippen LogP contribution in [0.1, 0.15) is 41.0 Å². The Labute approximate surface area is 110 Å². The zero-order valence-electron chi connectivity index (χ0n) is 12.0. The Balaban J connectivity index is 4.28. The van der Waals surface area contributed by atoms with E-state index in [-0.39, 0.29) is 18.0 Å². The summed E-state index contributed by atoms with van der Waals surface area (Å²) < 4.78 is 4.99. The highest BCUT2D eigenvalue weighted by Crippen LogP contribution is 2.25. The highest BCUT2D eigenvalue weighted by molar-refractivity contribution is 5.75. The topological polar surface area (TPSA) is 46.5 Å². The summed E-state index contributed by atoms with van der Waals surface area (Å²) in [4.78, 5) is 11.4. The first-order valence-corrected chi connectivity index (χ1v) is 6.06. The molecule has 3 heteroatoms. The molecule has 0 bridgehead atoms. The Morgan fingerprint density at radius 1 is 1.39 bits per heavy atom. The first kappa shape index (κ1) is 16.7. The van der Waals surface area contributed by atoms with Crippen molar-refractivity contribution in [1.82, 2.24) is 0 Å². The van der Waals surface area contributed by atoms with Crippen LogP contribution in [-0.2, 0) is 9.53 Å². The Morgan fingerprint density at radius 3 is 2.39 bits per heavy atom. The minimum atomic E-state index is -0.760. The molecule has 1 N–H and O–H groups in total. The molecule has 0 aliphatic rings. The van der Waals surface area contributed by atoms with Crippen molar-refractivity contribution in [2.24, 2.45) is 10.8 Å². The van der Waals surface area contributed by atoms with Gasteiger partial charge >= 0.3 is 5.97 Å². The monoisotopic (exact) mass is 252 g/mol. The molecule has 0 saturated heterocycles. The van der Waals surface area contributed by atoms with E-state index in [2.05, 4.69) is 18.4 Å². The van der Waals surface area contributed by atoms with Gasteiger partial charge in [-0.2, -0.15) is 0 Å². The van der Waals surface area contributed by atoms with Crippen LogP contribution in [0.25, 0.3) is 0 Å². The van der Waals surface area contributed by atoms with Crippen molar-refractivity contribution < 1.29 is 14.6 Å². The number of carbonyl (C=O) groups is 1. The number of hydrogen-bond donors (Lipinski definition) is 1. The van der Waals surface area contributed by atoms with Crippen LogP contribution in [0.15, 0.2) is 12.7 Å². The van der Waals surface area contributed by atoms with Crippen LogP contribution in [-0.4, -0.2) is 23.8 Å². The lowest BCUT2D eigenvalue weighted by Crippen LogP contribution is -2.27. The molecule has 0 heterocycles. The lowest BCUT2D eigenvalue weighted by atomic mass is 9.83. The molecule has 0 saturated carbocycles. The molecule has 102 valence electrons. The molecule has 18 heavy (non-hydrogen) atoms. The number of esters is 1. The van der Waals surface area contributed by atoms with Crippen molar-refractivity contribution in [1.29, 1.82) is 0 Å². The minimum Gasteiger partial charge on any atom is -0.452 e. The molecule has 0 aromatic rings. The average Bonchev–Trinajstić information content (AvgIpc) is 2.22. The standard InChI is InChI=1S/C15H24O3/c1-7-10-15(5,6)12(16)9-8-11-18-13(17)14(2,3)4/h7,12,16H,1,10-11H2,2-6H3. The second kappa shape index (κ2) is 6.61. The van der Waals surface area contributed by atoms with Gasteiger partial charge in [0.1, 0.15) is 6.10 Å². The summed E-state index contributed by atoms with van der Waals surface area (Å²) in [6, 6.07) is 0. The number of hydrogen-bond acceptors (Lipinski definition) is 3. The van der Waals surface area contributed by atoms with Gasteiger partial charge in [0.2, 0.25) is 0 Å². The SMILES string of the molecule is C=CCC(C)(C)C(O)C#CCOC(=O)C(C)(C)C. The van der Waals surface area contributed by atoms with Crippen molar-refractivity contribution in [3.05, 3.63) is 12.7 Å². The third-order valence-electron chi connectivity index (χ3n) is 2.54. The molecule has 1 unspecified atom stereocenters. The van der Waals surface area contributed by atoms with E-state index in [0.717, 1.165) is 0 Å². The summed E-state index contributed by atoms with van der Waals surface area (Å²) in [5.41, 5.74) is -0.870.